The van der Waals surface area contributed by atoms with Gasteiger partial charge in [0.1, 0.15) is 26.2 Å². The van der Waals surface area contributed by atoms with Crippen molar-refractivity contribution in [1.29, 1.82) is 0 Å². The molecule has 6 nitrogen and oxygen atoms in total. The number of rotatable bonds is 1. The first-order valence-corrected chi connectivity index (χ1v) is 9.47. The fourth-order valence-electron chi connectivity index (χ4n) is 3.21. The lowest BCUT2D eigenvalue weighted by Gasteiger charge is -2.48. The minimum Gasteiger partial charge on any atom is -0.444 e. The van der Waals surface area contributed by atoms with Crippen molar-refractivity contribution in [1.82, 2.24) is 14.5 Å². The fraction of sp³-hybridized carbons (Fsp3) is 0.750. The summed E-state index contributed by atoms with van der Waals surface area (Å²) in [7, 11) is 1.85. The molecule has 1 fully saturated rings. The fourth-order valence-corrected chi connectivity index (χ4v) is 3.90. The van der Waals surface area contributed by atoms with Gasteiger partial charge in [0.2, 0.25) is 0 Å². The number of imidazole rings is 1. The third-order valence-electron chi connectivity index (χ3n) is 4.22. The molecule has 136 valence electrons. The lowest BCUT2D eigenvalue weighted by Crippen LogP contribution is -2.58. The Labute approximate surface area is 159 Å². The molecular formula is C16H25Br2N3O3. The summed E-state index contributed by atoms with van der Waals surface area (Å²) in [6.07, 6.45) is 0.430. The molecule has 1 saturated heterocycles. The maximum Gasteiger partial charge on any atom is 0.410 e. The number of carbonyl (C=O) groups is 1. The highest BCUT2D eigenvalue weighted by atomic mass is 79.9. The van der Waals surface area contributed by atoms with Gasteiger partial charge in [0.25, 0.3) is 0 Å². The number of aliphatic hydroxyl groups is 1. The number of amides is 1. The molecule has 1 unspecified atom stereocenters. The van der Waals surface area contributed by atoms with Crippen molar-refractivity contribution in [2.45, 2.75) is 64.2 Å². The Balaban J connectivity index is 2.27. The van der Waals surface area contributed by atoms with E-state index < -0.39 is 16.7 Å². The highest BCUT2D eigenvalue weighted by molar-refractivity contribution is 9.13. The van der Waals surface area contributed by atoms with Crippen LogP contribution in [0.2, 0.25) is 0 Å². The number of ether oxygens (including phenoxy) is 1. The average Bonchev–Trinajstić information content (AvgIpc) is 2.63. The van der Waals surface area contributed by atoms with Crippen LogP contribution in [0, 0.1) is 0 Å². The van der Waals surface area contributed by atoms with Gasteiger partial charge in [0.15, 0.2) is 0 Å². The predicted molar refractivity (Wildman–Crippen MR) is 98.8 cm³/mol. The highest BCUT2D eigenvalue weighted by Gasteiger charge is 2.49. The molecular weight excluding hydrogens is 442 g/mol. The first kappa shape index (κ1) is 19.7. The average molecular weight is 467 g/mol. The molecule has 1 amide bonds. The Morgan fingerprint density at radius 3 is 2.33 bits per heavy atom. The number of halogens is 2. The van der Waals surface area contributed by atoms with E-state index >= 15 is 0 Å². The molecule has 2 rings (SSSR count). The van der Waals surface area contributed by atoms with Crippen molar-refractivity contribution in [2.24, 2.45) is 7.05 Å². The van der Waals surface area contributed by atoms with Crippen LogP contribution in [0.25, 0.3) is 0 Å². The molecule has 1 aliphatic rings. The Morgan fingerprint density at radius 1 is 1.33 bits per heavy atom. The second kappa shape index (κ2) is 6.29. The quantitative estimate of drug-likeness (QED) is 0.680. The van der Waals surface area contributed by atoms with Crippen LogP contribution in [0.3, 0.4) is 0 Å². The lowest BCUT2D eigenvalue weighted by molar-refractivity contribution is -0.0885. The minimum absolute atomic E-state index is 0.350. The van der Waals surface area contributed by atoms with Gasteiger partial charge < -0.3 is 19.3 Å². The molecule has 1 N–H and O–H groups in total. The van der Waals surface area contributed by atoms with Gasteiger partial charge in [-0.1, -0.05) is 0 Å². The molecule has 1 aromatic rings. The molecule has 1 aliphatic heterocycles. The van der Waals surface area contributed by atoms with Gasteiger partial charge in [-0.15, -0.1) is 0 Å². The summed E-state index contributed by atoms with van der Waals surface area (Å²) >= 11 is 6.83. The summed E-state index contributed by atoms with van der Waals surface area (Å²) in [4.78, 5) is 18.6. The Hall–Kier alpha value is -0.600. The molecule has 0 aliphatic carbocycles. The summed E-state index contributed by atoms with van der Waals surface area (Å²) in [5, 5.41) is 11.2. The topological polar surface area (TPSA) is 67.6 Å². The van der Waals surface area contributed by atoms with Gasteiger partial charge in [-0.3, -0.25) is 0 Å². The summed E-state index contributed by atoms with van der Waals surface area (Å²) in [5.74, 6) is 0.582. The smallest absolute Gasteiger partial charge is 0.410 e. The number of carbonyl (C=O) groups excluding carboxylic acids is 1. The van der Waals surface area contributed by atoms with E-state index in [-0.39, 0.29) is 6.09 Å². The van der Waals surface area contributed by atoms with E-state index in [0.29, 0.717) is 29.8 Å². The first-order valence-electron chi connectivity index (χ1n) is 7.88. The number of nitrogens with zero attached hydrogens (tertiary/aromatic N) is 3. The number of aromatic nitrogens is 2. The molecule has 0 spiro atoms. The van der Waals surface area contributed by atoms with Gasteiger partial charge in [-0.25, -0.2) is 9.78 Å². The van der Waals surface area contributed by atoms with Crippen molar-refractivity contribution >= 4 is 38.0 Å². The summed E-state index contributed by atoms with van der Waals surface area (Å²) < 4.78 is 8.76. The molecule has 1 aromatic heterocycles. The molecule has 1 atom stereocenters. The van der Waals surface area contributed by atoms with E-state index in [1.54, 1.807) is 4.90 Å². The molecule has 8 heteroatoms. The predicted octanol–water partition coefficient (Wildman–Crippen LogP) is 3.94. The maximum atomic E-state index is 12.5. The second-order valence-corrected chi connectivity index (χ2v) is 9.48. The monoisotopic (exact) mass is 465 g/mol. The second-order valence-electron chi connectivity index (χ2n) is 7.98. The standard InChI is InChI=1S/C16H25Br2N3O3/c1-14(2,3)24-13(22)21-8-7-16(23,9-15(21,4)5)12-19-10(17)11(18)20(12)6/h23H,7-9H2,1-6H3. The van der Waals surface area contributed by atoms with E-state index in [9.17, 15) is 9.90 Å². The van der Waals surface area contributed by atoms with Crippen LogP contribution in [0.1, 0.15) is 53.3 Å². The minimum atomic E-state index is -1.11. The number of hydrogen-bond acceptors (Lipinski definition) is 4. The van der Waals surface area contributed by atoms with Crippen LogP contribution >= 0.6 is 31.9 Å². The molecule has 0 radical (unpaired) electrons. The van der Waals surface area contributed by atoms with Crippen LogP contribution in [-0.2, 0) is 17.4 Å². The van der Waals surface area contributed by atoms with Crippen molar-refractivity contribution in [3.63, 3.8) is 0 Å². The molecule has 2 heterocycles. The van der Waals surface area contributed by atoms with Gasteiger partial charge >= 0.3 is 6.09 Å². The zero-order valence-electron chi connectivity index (χ0n) is 15.0. The zero-order valence-corrected chi connectivity index (χ0v) is 18.2. The molecule has 0 bridgehead atoms. The molecule has 0 saturated carbocycles. The van der Waals surface area contributed by atoms with Crippen molar-refractivity contribution in [3.8, 4) is 0 Å². The summed E-state index contributed by atoms with van der Waals surface area (Å²) in [6.45, 7) is 9.83. The van der Waals surface area contributed by atoms with Crippen LogP contribution in [0.15, 0.2) is 9.21 Å². The van der Waals surface area contributed by atoms with Gasteiger partial charge in [-0.05, 0) is 66.5 Å². The summed E-state index contributed by atoms with van der Waals surface area (Å²) in [6, 6.07) is 0. The van der Waals surface area contributed by atoms with Crippen molar-refractivity contribution in [3.05, 3.63) is 15.0 Å². The van der Waals surface area contributed by atoms with E-state index in [0.717, 1.165) is 4.60 Å². The van der Waals surface area contributed by atoms with Crippen LogP contribution in [0.5, 0.6) is 0 Å². The highest BCUT2D eigenvalue weighted by Crippen LogP contribution is 2.42. The van der Waals surface area contributed by atoms with E-state index in [1.807, 2.05) is 46.2 Å². The number of piperidine rings is 1. The van der Waals surface area contributed by atoms with E-state index in [1.165, 1.54) is 0 Å². The van der Waals surface area contributed by atoms with E-state index in [4.69, 9.17) is 4.74 Å². The Kier molecular flexibility index (Phi) is 5.16. The van der Waals surface area contributed by atoms with Crippen LogP contribution in [0.4, 0.5) is 4.79 Å². The van der Waals surface area contributed by atoms with Gasteiger partial charge in [0, 0.05) is 32.0 Å². The SMILES string of the molecule is Cn1c(C2(O)CCN(C(=O)OC(C)(C)C)C(C)(C)C2)nc(Br)c1Br. The summed E-state index contributed by atoms with van der Waals surface area (Å²) in [5.41, 5.74) is -2.21. The van der Waals surface area contributed by atoms with Crippen molar-refractivity contribution in [2.75, 3.05) is 6.54 Å². The van der Waals surface area contributed by atoms with E-state index in [2.05, 4.69) is 36.8 Å². The normalized spacial score (nSPS) is 24.1. The third-order valence-corrected chi connectivity index (χ3v) is 6.21. The van der Waals surface area contributed by atoms with Gasteiger partial charge in [-0.2, -0.15) is 0 Å². The Bertz CT molecular complexity index is 652. The number of likely N-dealkylation sites (tertiary alicyclic amines) is 1. The number of hydrogen-bond donors (Lipinski definition) is 1. The maximum absolute atomic E-state index is 12.5. The molecule has 0 aromatic carbocycles. The Morgan fingerprint density at radius 2 is 1.92 bits per heavy atom. The van der Waals surface area contributed by atoms with Gasteiger partial charge in [0.05, 0.1) is 0 Å². The molecule has 24 heavy (non-hydrogen) atoms. The largest absolute Gasteiger partial charge is 0.444 e. The first-order chi connectivity index (χ1) is 10.8. The van der Waals surface area contributed by atoms with Crippen LogP contribution in [-0.4, -0.2) is 43.3 Å². The zero-order chi connectivity index (χ0) is 18.5. The lowest BCUT2D eigenvalue weighted by atomic mass is 9.79. The van der Waals surface area contributed by atoms with Crippen LogP contribution < -0.4 is 0 Å². The van der Waals surface area contributed by atoms with Crippen molar-refractivity contribution < 1.29 is 14.6 Å². The third kappa shape index (κ3) is 3.80.